The highest BCUT2D eigenvalue weighted by atomic mass is 32.1. The van der Waals surface area contributed by atoms with E-state index >= 15 is 0 Å². The molecular formula is C14H18N4O2S. The van der Waals surface area contributed by atoms with Crippen molar-refractivity contribution in [2.45, 2.75) is 32.2 Å². The molecule has 3 N–H and O–H groups in total. The molecule has 2 aromatic heterocycles. The van der Waals surface area contributed by atoms with Crippen molar-refractivity contribution in [3.63, 3.8) is 0 Å². The summed E-state index contributed by atoms with van der Waals surface area (Å²) in [5.74, 6) is 0.482. The normalized spacial score (nSPS) is 14.2. The Hall–Kier alpha value is -1.99. The molecule has 112 valence electrons. The largest absolute Gasteiger partial charge is 0.465 e. The Morgan fingerprint density at radius 2 is 2.33 bits per heavy atom. The highest BCUT2D eigenvalue weighted by Crippen LogP contribution is 2.20. The number of carbonyl (C=O) groups excluding carboxylic acids is 1. The third-order valence-electron chi connectivity index (χ3n) is 2.88. The van der Waals surface area contributed by atoms with Gasteiger partial charge in [-0.1, -0.05) is 24.7 Å². The van der Waals surface area contributed by atoms with Crippen molar-refractivity contribution in [2.75, 3.05) is 5.32 Å². The van der Waals surface area contributed by atoms with Gasteiger partial charge < -0.3 is 10.2 Å². The zero-order chi connectivity index (χ0) is 15.3. The number of nitrogens with zero attached hydrogens (tertiary/aromatic N) is 2. The summed E-state index contributed by atoms with van der Waals surface area (Å²) in [5, 5.41) is 11.7. The second-order valence-corrected chi connectivity index (χ2v) is 5.92. The van der Waals surface area contributed by atoms with E-state index in [-0.39, 0.29) is 5.91 Å². The van der Waals surface area contributed by atoms with E-state index in [1.54, 1.807) is 31.4 Å². The molecule has 0 aliphatic carbocycles. The highest BCUT2D eigenvalue weighted by Gasteiger charge is 2.27. The molecule has 1 amide bonds. The van der Waals surface area contributed by atoms with Crippen molar-refractivity contribution >= 4 is 34.5 Å². The average Bonchev–Trinajstić information content (AvgIpc) is 3.07. The van der Waals surface area contributed by atoms with Crippen LogP contribution in [0.4, 0.5) is 5.13 Å². The molecule has 0 bridgehead atoms. The van der Waals surface area contributed by atoms with Gasteiger partial charge in [0.2, 0.25) is 11.0 Å². The number of furan rings is 1. The zero-order valence-electron chi connectivity index (χ0n) is 12.0. The van der Waals surface area contributed by atoms with Gasteiger partial charge in [0.05, 0.1) is 11.8 Å². The van der Waals surface area contributed by atoms with Gasteiger partial charge in [0.25, 0.3) is 0 Å². The molecule has 0 saturated heterocycles. The van der Waals surface area contributed by atoms with Gasteiger partial charge in [-0.2, -0.15) is 0 Å². The van der Waals surface area contributed by atoms with Crippen LogP contribution in [0.3, 0.4) is 0 Å². The summed E-state index contributed by atoms with van der Waals surface area (Å²) in [6, 6.07) is 3.64. The molecule has 1 unspecified atom stereocenters. The Kier molecular flexibility index (Phi) is 4.87. The molecule has 0 aliphatic heterocycles. The van der Waals surface area contributed by atoms with E-state index in [1.807, 2.05) is 13.0 Å². The first-order valence-electron chi connectivity index (χ1n) is 6.66. The van der Waals surface area contributed by atoms with Gasteiger partial charge in [0.15, 0.2) is 0 Å². The Bertz CT molecular complexity index is 617. The number of hydrogen-bond acceptors (Lipinski definition) is 6. The Balaban J connectivity index is 1.98. The van der Waals surface area contributed by atoms with E-state index in [1.165, 1.54) is 11.3 Å². The molecule has 0 fully saturated rings. The lowest BCUT2D eigenvalue weighted by molar-refractivity contribution is -0.120. The van der Waals surface area contributed by atoms with Gasteiger partial charge in [-0.15, -0.1) is 10.2 Å². The number of rotatable bonds is 6. The van der Waals surface area contributed by atoms with Crippen LogP contribution in [-0.4, -0.2) is 21.6 Å². The van der Waals surface area contributed by atoms with Crippen molar-refractivity contribution in [3.05, 3.63) is 29.2 Å². The maximum Gasteiger partial charge on any atom is 0.245 e. The van der Waals surface area contributed by atoms with Crippen LogP contribution in [0.15, 0.2) is 22.8 Å². The number of amides is 1. The summed E-state index contributed by atoms with van der Waals surface area (Å²) in [4.78, 5) is 12.0. The van der Waals surface area contributed by atoms with Gasteiger partial charge >= 0.3 is 0 Å². The molecule has 2 rings (SSSR count). The molecule has 6 nitrogen and oxygen atoms in total. The van der Waals surface area contributed by atoms with Crippen LogP contribution in [-0.2, 0) is 4.79 Å². The van der Waals surface area contributed by atoms with Crippen LogP contribution in [0.1, 0.15) is 37.5 Å². The predicted molar refractivity (Wildman–Crippen MR) is 83.7 cm³/mol. The summed E-state index contributed by atoms with van der Waals surface area (Å²) in [6.45, 7) is 3.70. The van der Waals surface area contributed by atoms with Gasteiger partial charge in [0.1, 0.15) is 10.8 Å². The lowest BCUT2D eigenvalue weighted by atomic mass is 9.97. The van der Waals surface area contributed by atoms with E-state index in [2.05, 4.69) is 15.5 Å². The molecule has 2 heterocycles. The van der Waals surface area contributed by atoms with Crippen LogP contribution in [0.5, 0.6) is 0 Å². The second kappa shape index (κ2) is 6.64. The Morgan fingerprint density at radius 1 is 1.52 bits per heavy atom. The molecule has 0 aromatic carbocycles. The molecule has 0 radical (unpaired) electrons. The third-order valence-corrected chi connectivity index (χ3v) is 3.69. The molecule has 21 heavy (non-hydrogen) atoms. The maximum absolute atomic E-state index is 12.0. The fourth-order valence-corrected chi connectivity index (χ4v) is 2.41. The van der Waals surface area contributed by atoms with Gasteiger partial charge in [-0.25, -0.2) is 0 Å². The molecule has 7 heteroatoms. The third kappa shape index (κ3) is 4.24. The van der Waals surface area contributed by atoms with Crippen LogP contribution in [0.2, 0.25) is 0 Å². The minimum absolute atomic E-state index is 0.248. The van der Waals surface area contributed by atoms with Crippen molar-refractivity contribution in [1.82, 2.24) is 10.2 Å². The fourth-order valence-electron chi connectivity index (χ4n) is 1.76. The maximum atomic E-state index is 12.0. The molecule has 0 aliphatic rings. The molecular weight excluding hydrogens is 288 g/mol. The number of nitrogens with two attached hydrogens (primary N) is 1. The number of nitrogens with one attached hydrogen (secondary N) is 1. The summed E-state index contributed by atoms with van der Waals surface area (Å²) in [6.07, 6.45) is 6.62. The van der Waals surface area contributed by atoms with Crippen molar-refractivity contribution < 1.29 is 9.21 Å². The summed E-state index contributed by atoms with van der Waals surface area (Å²) in [5.41, 5.74) is 5.07. The molecule has 0 saturated carbocycles. The quantitative estimate of drug-likeness (QED) is 0.855. The minimum atomic E-state index is -0.898. The first kappa shape index (κ1) is 15.4. The van der Waals surface area contributed by atoms with Crippen LogP contribution in [0.25, 0.3) is 12.2 Å². The minimum Gasteiger partial charge on any atom is -0.465 e. The first-order chi connectivity index (χ1) is 10.0. The summed E-state index contributed by atoms with van der Waals surface area (Å²) in [7, 11) is 0. The monoisotopic (exact) mass is 306 g/mol. The molecule has 1 atom stereocenters. The van der Waals surface area contributed by atoms with Crippen molar-refractivity contribution in [3.8, 4) is 0 Å². The SMILES string of the molecule is CCCC(C)(N)C(=O)Nc1nnc(/C=C/c2ccco2)s1. The highest BCUT2D eigenvalue weighted by molar-refractivity contribution is 7.16. The summed E-state index contributed by atoms with van der Waals surface area (Å²) >= 11 is 1.28. The lowest BCUT2D eigenvalue weighted by Crippen LogP contribution is -2.48. The van der Waals surface area contributed by atoms with Crippen molar-refractivity contribution in [2.24, 2.45) is 5.73 Å². The smallest absolute Gasteiger partial charge is 0.245 e. The number of hydrogen-bond donors (Lipinski definition) is 2. The number of aromatic nitrogens is 2. The zero-order valence-corrected chi connectivity index (χ0v) is 12.8. The van der Waals surface area contributed by atoms with E-state index in [0.717, 1.165) is 12.2 Å². The lowest BCUT2D eigenvalue weighted by Gasteiger charge is -2.21. The second-order valence-electron chi connectivity index (χ2n) is 4.92. The number of anilines is 1. The van der Waals surface area contributed by atoms with Crippen molar-refractivity contribution in [1.29, 1.82) is 0 Å². The Morgan fingerprint density at radius 3 is 3.00 bits per heavy atom. The predicted octanol–water partition coefficient (Wildman–Crippen LogP) is 2.76. The van der Waals surface area contributed by atoms with Crippen LogP contribution in [0, 0.1) is 0 Å². The number of carbonyl (C=O) groups is 1. The Labute approximate surface area is 127 Å². The molecule has 2 aromatic rings. The standard InChI is InChI=1S/C14H18N4O2S/c1-3-8-14(2,15)12(19)16-13-18-17-11(21-13)7-6-10-5-4-9-20-10/h4-7,9H,3,8,15H2,1-2H3,(H,16,18,19)/b7-6+. The first-order valence-corrected chi connectivity index (χ1v) is 7.48. The topological polar surface area (TPSA) is 94.0 Å². The van der Waals surface area contributed by atoms with E-state index in [0.29, 0.717) is 16.6 Å². The fraction of sp³-hybridized carbons (Fsp3) is 0.357. The van der Waals surface area contributed by atoms with Crippen LogP contribution >= 0.6 is 11.3 Å². The van der Waals surface area contributed by atoms with Gasteiger partial charge in [-0.05, 0) is 37.6 Å². The molecule has 0 spiro atoms. The van der Waals surface area contributed by atoms with E-state index < -0.39 is 5.54 Å². The van der Waals surface area contributed by atoms with Gasteiger partial charge in [0, 0.05) is 0 Å². The average molecular weight is 306 g/mol. The van der Waals surface area contributed by atoms with Crippen LogP contribution < -0.4 is 11.1 Å². The summed E-state index contributed by atoms with van der Waals surface area (Å²) < 4.78 is 5.18. The van der Waals surface area contributed by atoms with E-state index in [9.17, 15) is 4.79 Å². The van der Waals surface area contributed by atoms with Gasteiger partial charge in [-0.3, -0.25) is 10.1 Å². The van der Waals surface area contributed by atoms with E-state index in [4.69, 9.17) is 10.2 Å².